The number of nitrogens with zero attached hydrogens (tertiary/aromatic N) is 2. The number of aryl methyl sites for hydroxylation is 1. The molecular formula is C18H21N3O3S2. The van der Waals surface area contributed by atoms with Gasteiger partial charge in [0, 0.05) is 35.9 Å². The van der Waals surface area contributed by atoms with Crippen molar-refractivity contribution in [3.63, 3.8) is 0 Å². The van der Waals surface area contributed by atoms with Crippen LogP contribution in [0.25, 0.3) is 10.7 Å². The van der Waals surface area contributed by atoms with Crippen LogP contribution >= 0.6 is 11.3 Å². The number of ether oxygens (including phenoxy) is 1. The molecule has 6 nitrogen and oxygen atoms in total. The highest BCUT2D eigenvalue weighted by atomic mass is 32.2. The molecule has 0 amide bonds. The van der Waals surface area contributed by atoms with Crippen LogP contribution in [0.1, 0.15) is 17.0 Å². The van der Waals surface area contributed by atoms with Gasteiger partial charge in [-0.05, 0) is 26.0 Å². The first-order valence-corrected chi connectivity index (χ1v) is 10.4. The highest BCUT2D eigenvalue weighted by Crippen LogP contribution is 2.30. The van der Waals surface area contributed by atoms with E-state index in [-0.39, 0.29) is 11.4 Å². The van der Waals surface area contributed by atoms with Crippen LogP contribution in [0, 0.1) is 13.8 Å². The first-order valence-electron chi connectivity index (χ1n) is 8.04. The quantitative estimate of drug-likeness (QED) is 0.700. The fraction of sp³-hybridized carbons (Fsp3) is 0.278. The second-order valence-corrected chi connectivity index (χ2v) is 8.56. The number of nitrogens with one attached hydrogen (secondary N) is 1. The Morgan fingerprint density at radius 3 is 2.65 bits per heavy atom. The van der Waals surface area contributed by atoms with Crippen molar-refractivity contribution in [2.24, 2.45) is 7.05 Å². The Bertz CT molecular complexity index is 1040. The lowest BCUT2D eigenvalue weighted by Gasteiger charge is -2.10. The van der Waals surface area contributed by atoms with E-state index < -0.39 is 10.0 Å². The summed E-state index contributed by atoms with van der Waals surface area (Å²) >= 11 is 1.50. The van der Waals surface area contributed by atoms with E-state index >= 15 is 0 Å². The largest absolute Gasteiger partial charge is 0.496 e. The summed E-state index contributed by atoms with van der Waals surface area (Å²) in [6.45, 7) is 3.87. The third kappa shape index (κ3) is 3.53. The Balaban J connectivity index is 1.90. The highest BCUT2D eigenvalue weighted by Gasteiger charge is 2.23. The molecule has 0 bridgehead atoms. The molecule has 2 aromatic heterocycles. The number of thiazole rings is 1. The molecule has 0 aliphatic rings. The summed E-state index contributed by atoms with van der Waals surface area (Å²) in [6, 6.07) is 9.02. The van der Waals surface area contributed by atoms with Gasteiger partial charge in [0.05, 0.1) is 12.8 Å². The number of hydrogen-bond acceptors (Lipinski definition) is 5. The monoisotopic (exact) mass is 391 g/mol. The molecule has 0 atom stereocenters. The van der Waals surface area contributed by atoms with Crippen LogP contribution in [0.3, 0.4) is 0 Å². The van der Waals surface area contributed by atoms with Crippen molar-refractivity contribution >= 4 is 21.4 Å². The lowest BCUT2D eigenvalue weighted by atomic mass is 10.2. The van der Waals surface area contributed by atoms with Crippen LogP contribution in [0.15, 0.2) is 40.6 Å². The summed E-state index contributed by atoms with van der Waals surface area (Å²) in [4.78, 5) is 4.72. The summed E-state index contributed by atoms with van der Waals surface area (Å²) in [5.74, 6) is 0.652. The van der Waals surface area contributed by atoms with E-state index in [1.807, 2.05) is 42.1 Å². The maximum atomic E-state index is 12.8. The molecule has 0 radical (unpaired) electrons. The van der Waals surface area contributed by atoms with Gasteiger partial charge in [-0.15, -0.1) is 11.3 Å². The summed E-state index contributed by atoms with van der Waals surface area (Å²) in [7, 11) is -0.252. The first kappa shape index (κ1) is 18.6. The average Bonchev–Trinajstić information content (AvgIpc) is 3.18. The van der Waals surface area contributed by atoms with Gasteiger partial charge in [0.1, 0.15) is 15.7 Å². The second-order valence-electron chi connectivity index (χ2n) is 5.97. The zero-order valence-corrected chi connectivity index (χ0v) is 16.7. The lowest BCUT2D eigenvalue weighted by Crippen LogP contribution is -2.24. The molecule has 3 rings (SSSR count). The van der Waals surface area contributed by atoms with Crippen LogP contribution in [0.4, 0.5) is 0 Å². The SMILES string of the molecule is COc1ccccc1CNS(=O)(=O)c1cc(-c2nc(C)cs2)n(C)c1C. The van der Waals surface area contributed by atoms with Crippen LogP contribution in [-0.2, 0) is 23.6 Å². The van der Waals surface area contributed by atoms with Gasteiger partial charge in [0.2, 0.25) is 10.0 Å². The fourth-order valence-corrected chi connectivity index (χ4v) is 4.86. The van der Waals surface area contributed by atoms with Crippen LogP contribution in [0.5, 0.6) is 5.75 Å². The third-order valence-corrected chi connectivity index (χ3v) is 6.76. The van der Waals surface area contributed by atoms with Gasteiger partial charge in [-0.2, -0.15) is 0 Å². The molecule has 1 N–H and O–H groups in total. The summed E-state index contributed by atoms with van der Waals surface area (Å²) in [5.41, 5.74) is 3.16. The number of sulfonamides is 1. The van der Waals surface area contributed by atoms with Crippen LogP contribution in [-0.4, -0.2) is 25.1 Å². The van der Waals surface area contributed by atoms with Crippen molar-refractivity contribution in [1.29, 1.82) is 0 Å². The van der Waals surface area contributed by atoms with E-state index in [1.165, 1.54) is 11.3 Å². The van der Waals surface area contributed by atoms with Crippen molar-refractivity contribution < 1.29 is 13.2 Å². The molecule has 0 saturated carbocycles. The molecule has 1 aromatic carbocycles. The number of methoxy groups -OCH3 is 1. The van der Waals surface area contributed by atoms with Crippen molar-refractivity contribution in [3.05, 3.63) is 52.7 Å². The smallest absolute Gasteiger partial charge is 0.242 e. The van der Waals surface area contributed by atoms with Gasteiger partial charge in [-0.3, -0.25) is 0 Å². The Kier molecular flexibility index (Phi) is 5.17. The van der Waals surface area contributed by atoms with Gasteiger partial charge < -0.3 is 9.30 Å². The van der Waals surface area contributed by atoms with Gasteiger partial charge >= 0.3 is 0 Å². The van der Waals surface area contributed by atoms with E-state index in [2.05, 4.69) is 9.71 Å². The summed E-state index contributed by atoms with van der Waals surface area (Å²) in [5, 5.41) is 2.76. The maximum Gasteiger partial charge on any atom is 0.242 e. The Labute approximate surface area is 157 Å². The number of rotatable bonds is 6. The Morgan fingerprint density at radius 1 is 1.27 bits per heavy atom. The number of para-hydroxylation sites is 1. The number of aromatic nitrogens is 2. The van der Waals surface area contributed by atoms with E-state index in [0.717, 1.165) is 22.0 Å². The van der Waals surface area contributed by atoms with Gasteiger partial charge in [0.15, 0.2) is 0 Å². The van der Waals surface area contributed by atoms with E-state index in [9.17, 15) is 8.42 Å². The standard InChI is InChI=1S/C18H21N3O3S2/c1-12-11-25-18(20-12)15-9-17(13(2)21(15)3)26(22,23)19-10-14-7-5-6-8-16(14)24-4/h5-9,11,19H,10H2,1-4H3. The Morgan fingerprint density at radius 2 is 2.00 bits per heavy atom. The van der Waals surface area contributed by atoms with Crippen molar-refractivity contribution in [3.8, 4) is 16.5 Å². The molecule has 0 aliphatic carbocycles. The number of hydrogen-bond donors (Lipinski definition) is 1. The topological polar surface area (TPSA) is 73.2 Å². The zero-order valence-electron chi connectivity index (χ0n) is 15.1. The van der Waals surface area contributed by atoms with Crippen molar-refractivity contribution in [2.45, 2.75) is 25.3 Å². The van der Waals surface area contributed by atoms with E-state index in [4.69, 9.17) is 4.74 Å². The number of benzene rings is 1. The molecule has 0 aliphatic heterocycles. The van der Waals surface area contributed by atoms with E-state index in [1.54, 1.807) is 26.2 Å². The fourth-order valence-electron chi connectivity index (χ4n) is 2.72. The maximum absolute atomic E-state index is 12.8. The van der Waals surface area contributed by atoms with Crippen molar-refractivity contribution in [1.82, 2.24) is 14.3 Å². The molecular weight excluding hydrogens is 370 g/mol. The minimum atomic E-state index is -3.67. The molecule has 8 heteroatoms. The minimum absolute atomic E-state index is 0.159. The molecule has 0 spiro atoms. The Hall–Kier alpha value is -2.16. The summed E-state index contributed by atoms with van der Waals surface area (Å²) < 4.78 is 35.5. The van der Waals surface area contributed by atoms with Gasteiger partial charge in [-0.1, -0.05) is 18.2 Å². The molecule has 26 heavy (non-hydrogen) atoms. The minimum Gasteiger partial charge on any atom is -0.496 e. The van der Waals surface area contributed by atoms with Gasteiger partial charge in [0.25, 0.3) is 0 Å². The zero-order chi connectivity index (χ0) is 18.9. The predicted molar refractivity (Wildman–Crippen MR) is 103 cm³/mol. The van der Waals surface area contributed by atoms with Crippen LogP contribution in [0.2, 0.25) is 0 Å². The molecule has 0 unspecified atom stereocenters. The summed E-state index contributed by atoms with van der Waals surface area (Å²) in [6.07, 6.45) is 0. The predicted octanol–water partition coefficient (Wildman–Crippen LogP) is 3.25. The van der Waals surface area contributed by atoms with E-state index in [0.29, 0.717) is 11.4 Å². The normalized spacial score (nSPS) is 11.7. The first-order chi connectivity index (χ1) is 12.3. The van der Waals surface area contributed by atoms with Crippen molar-refractivity contribution in [2.75, 3.05) is 7.11 Å². The second kappa shape index (κ2) is 7.22. The van der Waals surface area contributed by atoms with Gasteiger partial charge in [-0.25, -0.2) is 18.1 Å². The average molecular weight is 392 g/mol. The third-order valence-electron chi connectivity index (χ3n) is 4.26. The highest BCUT2D eigenvalue weighted by molar-refractivity contribution is 7.89. The lowest BCUT2D eigenvalue weighted by molar-refractivity contribution is 0.409. The molecule has 138 valence electrons. The molecule has 2 heterocycles. The molecule has 0 saturated heterocycles. The molecule has 0 fully saturated rings. The molecule has 3 aromatic rings. The van der Waals surface area contributed by atoms with Crippen LogP contribution < -0.4 is 9.46 Å².